The molecule has 0 bridgehead atoms. The first-order chi connectivity index (χ1) is 17.7. The molecule has 2 aromatic heterocycles. The third-order valence-electron chi connectivity index (χ3n) is 4.79. The van der Waals surface area contributed by atoms with Crippen molar-refractivity contribution in [1.29, 1.82) is 0 Å². The number of hydrogen-bond acceptors (Lipinski definition) is 9. The molecule has 4 rings (SSSR count). The molecular formula is C21H15F6N5O4S2. The number of nitrogens with zero attached hydrogens (tertiary/aromatic N) is 3. The molecule has 2 amide bonds. The molecule has 1 unspecified atom stereocenters. The Morgan fingerprint density at radius 3 is 1.71 bits per heavy atom. The van der Waals surface area contributed by atoms with Gasteiger partial charge in [0.25, 0.3) is 5.91 Å². The van der Waals surface area contributed by atoms with E-state index in [1.165, 1.54) is 12.1 Å². The van der Waals surface area contributed by atoms with Gasteiger partial charge in [-0.1, -0.05) is 22.7 Å². The van der Waals surface area contributed by atoms with Crippen LogP contribution in [0.2, 0.25) is 0 Å². The molecule has 202 valence electrons. The van der Waals surface area contributed by atoms with Crippen molar-refractivity contribution in [3.63, 3.8) is 0 Å². The zero-order valence-electron chi connectivity index (χ0n) is 18.7. The highest BCUT2D eigenvalue weighted by Crippen LogP contribution is 2.40. The summed E-state index contributed by atoms with van der Waals surface area (Å²) in [6.07, 6.45) is -10.2. The van der Waals surface area contributed by atoms with Crippen molar-refractivity contribution in [2.24, 2.45) is 11.5 Å². The van der Waals surface area contributed by atoms with Crippen molar-refractivity contribution >= 4 is 65.2 Å². The average Bonchev–Trinajstić information content (AvgIpc) is 3.38. The molecule has 38 heavy (non-hydrogen) atoms. The molecule has 2 aromatic carbocycles. The molecule has 0 aliphatic heterocycles. The summed E-state index contributed by atoms with van der Waals surface area (Å²) in [5, 5.41) is -0.0657. The van der Waals surface area contributed by atoms with Crippen LogP contribution >= 0.6 is 22.7 Å². The van der Waals surface area contributed by atoms with Crippen molar-refractivity contribution in [2.75, 3.05) is 4.90 Å². The smallest absolute Gasteiger partial charge is 0.406 e. The first-order valence-corrected chi connectivity index (χ1v) is 12.0. The van der Waals surface area contributed by atoms with Crippen LogP contribution in [0.3, 0.4) is 0 Å². The number of aromatic nitrogens is 2. The summed E-state index contributed by atoms with van der Waals surface area (Å²) >= 11 is 1.65. The van der Waals surface area contributed by atoms with Crippen LogP contribution in [0.25, 0.3) is 20.4 Å². The molecule has 0 fully saturated rings. The second-order valence-corrected chi connectivity index (χ2v) is 9.65. The fraction of sp³-hybridized carbons (Fsp3) is 0.238. The van der Waals surface area contributed by atoms with Crippen LogP contribution in [0, 0.1) is 0 Å². The van der Waals surface area contributed by atoms with Crippen molar-refractivity contribution in [2.45, 2.75) is 31.6 Å². The maximum Gasteiger partial charge on any atom is 0.573 e. The highest BCUT2D eigenvalue weighted by molar-refractivity contribution is 7.24. The van der Waals surface area contributed by atoms with Gasteiger partial charge in [-0.3, -0.25) is 9.59 Å². The maximum atomic E-state index is 13.4. The highest BCUT2D eigenvalue weighted by Gasteiger charge is 2.33. The van der Waals surface area contributed by atoms with Gasteiger partial charge < -0.3 is 20.9 Å². The molecule has 4 N–H and O–H groups in total. The maximum absolute atomic E-state index is 13.4. The molecule has 0 aliphatic carbocycles. The number of benzene rings is 2. The largest absolute Gasteiger partial charge is 0.573 e. The lowest BCUT2D eigenvalue weighted by Gasteiger charge is -2.20. The molecule has 0 aliphatic rings. The van der Waals surface area contributed by atoms with Gasteiger partial charge in [-0.05, 0) is 30.7 Å². The van der Waals surface area contributed by atoms with Crippen molar-refractivity contribution in [3.05, 3.63) is 36.4 Å². The third-order valence-corrected chi connectivity index (χ3v) is 6.79. The standard InChI is InChI=1S/C21H15F6N5O4S2/c22-20(23,24)35-9-1-4-12-14(7-9)37-18(30-12)32(17(34)11(28)3-6-16(29)33)19-31-13-5-2-10(8-15(13)38-19)36-21(25,26)27/h1-2,4-5,7-8,11H,3,6,28H2,(H2,29,33). The van der Waals surface area contributed by atoms with Crippen LogP contribution in [0.15, 0.2) is 36.4 Å². The highest BCUT2D eigenvalue weighted by atomic mass is 32.1. The Kier molecular flexibility index (Phi) is 7.35. The zero-order valence-corrected chi connectivity index (χ0v) is 20.3. The van der Waals surface area contributed by atoms with Crippen LogP contribution in [0.4, 0.5) is 36.6 Å². The number of fused-ring (bicyclic) bond motifs is 2. The summed E-state index contributed by atoms with van der Waals surface area (Å²) in [6, 6.07) is 5.51. The summed E-state index contributed by atoms with van der Waals surface area (Å²) in [5.41, 5.74) is 11.6. The number of thiazole rings is 2. The van der Waals surface area contributed by atoms with E-state index in [0.29, 0.717) is 0 Å². The lowest BCUT2D eigenvalue weighted by Crippen LogP contribution is -2.42. The van der Waals surface area contributed by atoms with Crippen LogP contribution < -0.4 is 25.8 Å². The fourth-order valence-electron chi connectivity index (χ4n) is 3.23. The van der Waals surface area contributed by atoms with E-state index in [4.69, 9.17) is 11.5 Å². The predicted molar refractivity (Wildman–Crippen MR) is 126 cm³/mol. The minimum atomic E-state index is -4.92. The second-order valence-electron chi connectivity index (χ2n) is 7.63. The molecule has 0 saturated heterocycles. The topological polar surface area (TPSA) is 134 Å². The van der Waals surface area contributed by atoms with Crippen LogP contribution in [-0.2, 0) is 9.59 Å². The van der Waals surface area contributed by atoms with E-state index in [0.717, 1.165) is 51.8 Å². The van der Waals surface area contributed by atoms with Gasteiger partial charge >= 0.3 is 12.7 Å². The molecule has 0 spiro atoms. The molecule has 4 aromatic rings. The van der Waals surface area contributed by atoms with E-state index >= 15 is 0 Å². The number of carbonyl (C=O) groups is 2. The van der Waals surface area contributed by atoms with E-state index in [9.17, 15) is 35.9 Å². The quantitative estimate of drug-likeness (QED) is 0.282. The van der Waals surface area contributed by atoms with Crippen LogP contribution in [0.1, 0.15) is 12.8 Å². The van der Waals surface area contributed by atoms with Gasteiger partial charge in [0.2, 0.25) is 5.91 Å². The number of rotatable bonds is 8. The summed E-state index contributed by atoms with van der Waals surface area (Å²) < 4.78 is 84.1. The van der Waals surface area contributed by atoms with E-state index in [2.05, 4.69) is 19.4 Å². The molecule has 0 saturated carbocycles. The number of nitrogens with two attached hydrogens (primary N) is 2. The van der Waals surface area contributed by atoms with Gasteiger partial charge in [0, 0.05) is 18.6 Å². The van der Waals surface area contributed by atoms with Crippen molar-refractivity contribution in [3.8, 4) is 11.5 Å². The molecular weight excluding hydrogens is 564 g/mol. The van der Waals surface area contributed by atoms with Crippen LogP contribution in [0.5, 0.6) is 11.5 Å². The first kappa shape index (κ1) is 27.3. The SMILES string of the molecule is NC(=O)CCC(N)C(=O)N(c1nc2ccc(OC(F)(F)F)cc2s1)c1nc2ccc(OC(F)(F)F)cc2s1. The lowest BCUT2D eigenvalue weighted by molar-refractivity contribution is -0.275. The minimum Gasteiger partial charge on any atom is -0.406 e. The monoisotopic (exact) mass is 579 g/mol. The van der Waals surface area contributed by atoms with Crippen molar-refractivity contribution in [1.82, 2.24) is 9.97 Å². The zero-order chi connectivity index (χ0) is 27.8. The number of hydrogen-bond donors (Lipinski definition) is 2. The summed E-state index contributed by atoms with van der Waals surface area (Å²) in [7, 11) is 0. The van der Waals surface area contributed by atoms with E-state index < -0.39 is 42.1 Å². The molecule has 9 nitrogen and oxygen atoms in total. The van der Waals surface area contributed by atoms with E-state index in [1.54, 1.807) is 0 Å². The second kappa shape index (κ2) is 10.2. The molecule has 0 radical (unpaired) electrons. The van der Waals surface area contributed by atoms with Crippen molar-refractivity contribution < 1.29 is 45.4 Å². The number of ether oxygens (including phenoxy) is 2. The first-order valence-electron chi connectivity index (χ1n) is 10.4. The summed E-state index contributed by atoms with van der Waals surface area (Å²) in [6.45, 7) is 0. The molecule has 2 heterocycles. The predicted octanol–water partition coefficient (Wildman–Crippen LogP) is 4.96. The Morgan fingerprint density at radius 1 is 0.868 bits per heavy atom. The Balaban J connectivity index is 1.76. The minimum absolute atomic E-state index is 0.0329. The van der Waals surface area contributed by atoms with Crippen LogP contribution in [-0.4, -0.2) is 40.5 Å². The number of primary amides is 1. The molecule has 1 atom stereocenters. The van der Waals surface area contributed by atoms with Gasteiger partial charge in [-0.25, -0.2) is 14.9 Å². The lowest BCUT2D eigenvalue weighted by atomic mass is 10.1. The van der Waals surface area contributed by atoms with Gasteiger partial charge in [-0.2, -0.15) is 0 Å². The Bertz CT molecular complexity index is 1410. The Morgan fingerprint density at radius 2 is 1.32 bits per heavy atom. The van der Waals surface area contributed by atoms with Gasteiger partial charge in [-0.15, -0.1) is 26.3 Å². The Hall–Kier alpha value is -3.70. The number of alkyl halides is 6. The number of anilines is 2. The molecule has 17 heteroatoms. The van der Waals surface area contributed by atoms with Gasteiger partial charge in [0.1, 0.15) is 11.5 Å². The average molecular weight is 580 g/mol. The van der Waals surface area contributed by atoms with Gasteiger partial charge in [0.15, 0.2) is 10.3 Å². The van der Waals surface area contributed by atoms with E-state index in [1.807, 2.05) is 0 Å². The third kappa shape index (κ3) is 6.59. The summed E-state index contributed by atoms with van der Waals surface area (Å²) in [4.78, 5) is 34.1. The fourth-order valence-corrected chi connectivity index (χ4v) is 5.29. The Labute approximate surface area is 216 Å². The summed E-state index contributed by atoms with van der Waals surface area (Å²) in [5.74, 6) is -2.49. The normalized spacial score (nSPS) is 13.0. The van der Waals surface area contributed by atoms with E-state index in [-0.39, 0.29) is 43.5 Å². The number of carbonyl (C=O) groups excluding carboxylic acids is 2. The van der Waals surface area contributed by atoms with Gasteiger partial charge in [0.05, 0.1) is 26.5 Å². The number of halogens is 6. The number of amides is 2.